The number of hydrogen-bond acceptors (Lipinski definition) is 5. The van der Waals surface area contributed by atoms with E-state index >= 15 is 0 Å². The minimum absolute atomic E-state index is 0.0125. The third-order valence-corrected chi connectivity index (χ3v) is 3.56. The molecule has 1 saturated heterocycles. The van der Waals surface area contributed by atoms with Crippen LogP contribution in [-0.2, 0) is 23.8 Å². The Kier molecular flexibility index (Phi) is 5.01. The fraction of sp³-hybridized carbons (Fsp3) is 0.778. The summed E-state index contributed by atoms with van der Waals surface area (Å²) in [7, 11) is 0. The van der Waals surface area contributed by atoms with E-state index < -0.39 is 34.5 Å². The van der Waals surface area contributed by atoms with E-state index in [4.69, 9.17) is 25.8 Å². The molecule has 0 aliphatic carbocycles. The summed E-state index contributed by atoms with van der Waals surface area (Å²) in [5, 5.41) is -0.941. The number of halogens is 2. The lowest BCUT2D eigenvalue weighted by Gasteiger charge is -2.19. The molecule has 92 valence electrons. The smallest absolute Gasteiger partial charge is 0.303 e. The Morgan fingerprint density at radius 2 is 2.00 bits per heavy atom. The molecule has 0 bridgehead atoms. The van der Waals surface area contributed by atoms with Crippen LogP contribution in [0.5, 0.6) is 0 Å². The largest absolute Gasteiger partial charge is 0.463 e. The average molecular weight is 316 g/mol. The van der Waals surface area contributed by atoms with Crippen LogP contribution in [0.2, 0.25) is 0 Å². The molecule has 1 fully saturated rings. The van der Waals surface area contributed by atoms with Crippen molar-refractivity contribution in [2.24, 2.45) is 0 Å². The minimum Gasteiger partial charge on any atom is -0.463 e. The zero-order valence-corrected chi connectivity index (χ0v) is 11.2. The number of rotatable bonds is 3. The van der Waals surface area contributed by atoms with Gasteiger partial charge < -0.3 is 14.2 Å². The Balaban J connectivity index is 2.59. The second-order valence-corrected chi connectivity index (χ2v) is 4.75. The highest BCUT2D eigenvalue weighted by Crippen LogP contribution is 2.32. The normalized spacial score (nSPS) is 33.5. The van der Waals surface area contributed by atoms with Crippen molar-refractivity contribution in [2.75, 3.05) is 6.61 Å². The Morgan fingerprint density at radius 1 is 1.38 bits per heavy atom. The monoisotopic (exact) mass is 314 g/mol. The molecule has 0 amide bonds. The van der Waals surface area contributed by atoms with Crippen LogP contribution in [0.15, 0.2) is 0 Å². The van der Waals surface area contributed by atoms with Crippen LogP contribution in [0.3, 0.4) is 0 Å². The summed E-state index contributed by atoms with van der Waals surface area (Å²) in [6, 6.07) is 0. The van der Waals surface area contributed by atoms with Gasteiger partial charge in [0.15, 0.2) is 6.10 Å². The van der Waals surface area contributed by atoms with E-state index in [0.717, 1.165) is 0 Å². The number of carbonyl (C=O) groups is 2. The van der Waals surface area contributed by atoms with Gasteiger partial charge in [0, 0.05) is 13.8 Å². The number of carbonyl (C=O) groups excluding carboxylic acids is 2. The molecule has 1 rings (SSSR count). The van der Waals surface area contributed by atoms with Crippen molar-refractivity contribution in [3.8, 4) is 0 Å². The molecular weight excluding hydrogens is 303 g/mol. The van der Waals surface area contributed by atoms with Crippen LogP contribution in [-0.4, -0.2) is 41.1 Å². The first-order chi connectivity index (χ1) is 7.41. The van der Waals surface area contributed by atoms with Crippen LogP contribution >= 0.6 is 27.5 Å². The molecule has 0 saturated carbocycles. The van der Waals surface area contributed by atoms with Crippen LogP contribution in [0.4, 0.5) is 0 Å². The van der Waals surface area contributed by atoms with Gasteiger partial charge >= 0.3 is 11.9 Å². The molecule has 0 aromatic heterocycles. The molecule has 0 aromatic carbocycles. The second kappa shape index (κ2) is 5.84. The van der Waals surface area contributed by atoms with E-state index in [9.17, 15) is 9.59 Å². The molecule has 0 aromatic rings. The van der Waals surface area contributed by atoms with Gasteiger partial charge in [0.05, 0.1) is 0 Å². The third kappa shape index (κ3) is 3.61. The van der Waals surface area contributed by atoms with Gasteiger partial charge in [-0.15, -0.1) is 11.6 Å². The maximum atomic E-state index is 10.9. The molecule has 0 N–H and O–H groups in total. The van der Waals surface area contributed by atoms with E-state index in [1.54, 1.807) is 0 Å². The Hall–Kier alpha value is -0.330. The first-order valence-corrected chi connectivity index (χ1v) is 6.01. The molecule has 7 heteroatoms. The maximum Gasteiger partial charge on any atom is 0.303 e. The number of hydrogen-bond donors (Lipinski definition) is 0. The van der Waals surface area contributed by atoms with Crippen LogP contribution in [0.1, 0.15) is 13.8 Å². The Bertz CT molecular complexity index is 285. The summed E-state index contributed by atoms with van der Waals surface area (Å²) >= 11 is 9.19. The molecule has 0 spiro atoms. The van der Waals surface area contributed by atoms with Crippen LogP contribution in [0.25, 0.3) is 0 Å². The van der Waals surface area contributed by atoms with Crippen LogP contribution < -0.4 is 0 Å². The first-order valence-electron chi connectivity index (χ1n) is 4.66. The summed E-state index contributed by atoms with van der Waals surface area (Å²) < 4.78 is 15.2. The third-order valence-electron chi connectivity index (χ3n) is 1.99. The van der Waals surface area contributed by atoms with Crippen molar-refractivity contribution in [3.05, 3.63) is 0 Å². The summed E-state index contributed by atoms with van der Waals surface area (Å²) in [5.41, 5.74) is 0. The van der Waals surface area contributed by atoms with Crippen molar-refractivity contribution < 1.29 is 23.8 Å². The highest BCUT2D eigenvalue weighted by atomic mass is 79.9. The highest BCUT2D eigenvalue weighted by Gasteiger charge is 2.45. The SMILES string of the molecule is CC(=O)OC[C@H]1O[C@H](Br)[C@@H](Cl)[C@@H]1OC(C)=O. The lowest BCUT2D eigenvalue weighted by molar-refractivity contribution is -0.154. The molecule has 1 heterocycles. The first kappa shape index (κ1) is 13.7. The van der Waals surface area contributed by atoms with E-state index in [2.05, 4.69) is 15.9 Å². The predicted molar refractivity (Wildman–Crippen MR) is 59.4 cm³/mol. The predicted octanol–water partition coefficient (Wildman–Crippen LogP) is 1.21. The molecule has 4 atom stereocenters. The van der Waals surface area contributed by atoms with E-state index in [-0.39, 0.29) is 6.61 Å². The maximum absolute atomic E-state index is 10.9. The van der Waals surface area contributed by atoms with Gasteiger partial charge in [0.1, 0.15) is 23.1 Å². The summed E-state index contributed by atoms with van der Waals surface area (Å²) in [5.74, 6) is -0.872. The summed E-state index contributed by atoms with van der Waals surface area (Å²) in [4.78, 5) is 21.5. The van der Waals surface area contributed by atoms with Gasteiger partial charge in [-0.3, -0.25) is 9.59 Å². The Morgan fingerprint density at radius 3 is 2.50 bits per heavy atom. The van der Waals surface area contributed by atoms with Gasteiger partial charge in [-0.05, 0) is 0 Å². The van der Waals surface area contributed by atoms with E-state index in [0.29, 0.717) is 0 Å². The molecule has 1 aliphatic heterocycles. The van der Waals surface area contributed by atoms with Crippen molar-refractivity contribution in [1.29, 1.82) is 0 Å². The molecular formula is C9H12BrClO5. The summed E-state index contributed by atoms with van der Waals surface area (Å²) in [6.07, 6.45) is -1.16. The topological polar surface area (TPSA) is 61.8 Å². The standard InChI is InChI=1S/C9H12BrClO5/c1-4(12)14-3-6-8(15-5(2)13)7(11)9(10)16-6/h6-9H,3H2,1-2H3/t6-,7+,8-,9+/m1/s1. The van der Waals surface area contributed by atoms with Crippen molar-refractivity contribution in [3.63, 3.8) is 0 Å². The summed E-state index contributed by atoms with van der Waals surface area (Å²) in [6.45, 7) is 2.59. The van der Waals surface area contributed by atoms with Gasteiger partial charge in [-0.1, -0.05) is 15.9 Å². The van der Waals surface area contributed by atoms with Gasteiger partial charge in [0.2, 0.25) is 0 Å². The van der Waals surface area contributed by atoms with Crippen molar-refractivity contribution >= 4 is 39.5 Å². The molecule has 1 aliphatic rings. The van der Waals surface area contributed by atoms with Gasteiger partial charge in [-0.2, -0.15) is 0 Å². The number of ether oxygens (including phenoxy) is 3. The average Bonchev–Trinajstić information content (AvgIpc) is 2.42. The lowest BCUT2D eigenvalue weighted by atomic mass is 10.2. The van der Waals surface area contributed by atoms with Crippen LogP contribution in [0, 0.1) is 0 Å². The number of esters is 2. The van der Waals surface area contributed by atoms with Gasteiger partial charge in [-0.25, -0.2) is 0 Å². The minimum atomic E-state index is -0.622. The zero-order valence-electron chi connectivity index (χ0n) is 8.81. The molecule has 16 heavy (non-hydrogen) atoms. The second-order valence-electron chi connectivity index (χ2n) is 3.35. The number of alkyl halides is 2. The van der Waals surface area contributed by atoms with Crippen molar-refractivity contribution in [2.45, 2.75) is 36.4 Å². The van der Waals surface area contributed by atoms with E-state index in [1.165, 1.54) is 13.8 Å². The quantitative estimate of drug-likeness (QED) is 0.579. The fourth-order valence-electron chi connectivity index (χ4n) is 1.34. The molecule has 5 nitrogen and oxygen atoms in total. The molecule has 0 unspecified atom stereocenters. The zero-order chi connectivity index (χ0) is 12.3. The molecule has 0 radical (unpaired) electrons. The lowest BCUT2D eigenvalue weighted by Crippen LogP contribution is -2.35. The highest BCUT2D eigenvalue weighted by molar-refractivity contribution is 9.09. The van der Waals surface area contributed by atoms with Gasteiger partial charge in [0.25, 0.3) is 0 Å². The van der Waals surface area contributed by atoms with E-state index in [1.807, 2.05) is 0 Å². The van der Waals surface area contributed by atoms with Crippen molar-refractivity contribution in [1.82, 2.24) is 0 Å². The Labute approximate surface area is 106 Å². The fourth-order valence-corrected chi connectivity index (χ4v) is 2.19.